The lowest BCUT2D eigenvalue weighted by Crippen LogP contribution is -2.21. The predicted octanol–water partition coefficient (Wildman–Crippen LogP) is 2.50. The smallest absolute Gasteiger partial charge is 0.161 e. The molecule has 0 saturated heterocycles. The van der Waals surface area contributed by atoms with Crippen LogP contribution >= 0.6 is 0 Å². The van der Waals surface area contributed by atoms with E-state index in [4.69, 9.17) is 15.2 Å². The molecule has 1 aromatic rings. The van der Waals surface area contributed by atoms with Crippen molar-refractivity contribution < 1.29 is 14.6 Å². The van der Waals surface area contributed by atoms with Crippen LogP contribution in [0.5, 0.6) is 11.5 Å². The van der Waals surface area contributed by atoms with Crippen LogP contribution in [0.25, 0.3) is 0 Å². The first kappa shape index (κ1) is 15.8. The highest BCUT2D eigenvalue weighted by atomic mass is 16.5. The second kappa shape index (κ2) is 8.02. The van der Waals surface area contributed by atoms with Crippen molar-refractivity contribution in [3.05, 3.63) is 23.8 Å². The van der Waals surface area contributed by atoms with Gasteiger partial charge in [-0.15, -0.1) is 0 Å². The van der Waals surface area contributed by atoms with Crippen molar-refractivity contribution in [2.75, 3.05) is 19.8 Å². The molecule has 1 aromatic carbocycles. The molecule has 4 heteroatoms. The third-order valence-electron chi connectivity index (χ3n) is 3.18. The van der Waals surface area contributed by atoms with Crippen molar-refractivity contribution in [1.29, 1.82) is 0 Å². The van der Waals surface area contributed by atoms with E-state index in [1.807, 2.05) is 39.0 Å². The van der Waals surface area contributed by atoms with E-state index in [0.29, 0.717) is 31.3 Å². The minimum absolute atomic E-state index is 0.0624. The van der Waals surface area contributed by atoms with Crippen LogP contribution in [0.15, 0.2) is 18.2 Å². The average molecular weight is 267 g/mol. The molecule has 0 saturated carbocycles. The fourth-order valence-corrected chi connectivity index (χ4v) is 2.04. The third kappa shape index (κ3) is 4.11. The fourth-order valence-electron chi connectivity index (χ4n) is 2.04. The zero-order chi connectivity index (χ0) is 14.3. The summed E-state index contributed by atoms with van der Waals surface area (Å²) in [5.74, 6) is 1.45. The summed E-state index contributed by atoms with van der Waals surface area (Å²) in [5.41, 5.74) is 6.50. The first-order valence-electron chi connectivity index (χ1n) is 6.95. The molecule has 0 heterocycles. The van der Waals surface area contributed by atoms with Gasteiger partial charge in [0.1, 0.15) is 0 Å². The zero-order valence-electron chi connectivity index (χ0n) is 12.1. The molecule has 19 heavy (non-hydrogen) atoms. The van der Waals surface area contributed by atoms with E-state index in [1.54, 1.807) is 0 Å². The first-order chi connectivity index (χ1) is 9.17. The van der Waals surface area contributed by atoms with E-state index < -0.39 is 6.10 Å². The second-order valence-corrected chi connectivity index (χ2v) is 4.42. The molecule has 1 rings (SSSR count). The maximum Gasteiger partial charge on any atom is 0.161 e. The van der Waals surface area contributed by atoms with E-state index in [1.165, 1.54) is 0 Å². The molecular weight excluding hydrogens is 242 g/mol. The van der Waals surface area contributed by atoms with Crippen LogP contribution in [0.2, 0.25) is 0 Å². The molecule has 0 amide bonds. The van der Waals surface area contributed by atoms with Gasteiger partial charge in [0.25, 0.3) is 0 Å². The monoisotopic (exact) mass is 267 g/mol. The normalized spacial score (nSPS) is 13.9. The number of aliphatic hydroxyl groups is 1. The largest absolute Gasteiger partial charge is 0.490 e. The zero-order valence-corrected chi connectivity index (χ0v) is 12.1. The van der Waals surface area contributed by atoms with Crippen molar-refractivity contribution in [3.8, 4) is 11.5 Å². The van der Waals surface area contributed by atoms with Crippen LogP contribution in [-0.4, -0.2) is 24.9 Å². The summed E-state index contributed by atoms with van der Waals surface area (Å²) in [6, 6.07) is 5.56. The van der Waals surface area contributed by atoms with Crippen LogP contribution in [0.4, 0.5) is 0 Å². The molecule has 0 aliphatic heterocycles. The van der Waals surface area contributed by atoms with Crippen LogP contribution in [0.3, 0.4) is 0 Å². The summed E-state index contributed by atoms with van der Waals surface area (Å²) in [6.45, 7) is 7.50. The summed E-state index contributed by atoms with van der Waals surface area (Å²) in [5, 5.41) is 10.3. The second-order valence-electron chi connectivity index (χ2n) is 4.42. The van der Waals surface area contributed by atoms with Gasteiger partial charge in [-0.05, 0) is 44.5 Å². The Hall–Kier alpha value is -1.26. The van der Waals surface area contributed by atoms with Crippen LogP contribution < -0.4 is 15.2 Å². The first-order valence-corrected chi connectivity index (χ1v) is 6.95. The Labute approximate surface area is 115 Å². The molecule has 0 bridgehead atoms. The van der Waals surface area contributed by atoms with Gasteiger partial charge in [0.2, 0.25) is 0 Å². The summed E-state index contributed by atoms with van der Waals surface area (Å²) < 4.78 is 11.1. The van der Waals surface area contributed by atoms with Crippen LogP contribution in [0.1, 0.15) is 38.9 Å². The highest BCUT2D eigenvalue weighted by molar-refractivity contribution is 5.43. The highest BCUT2D eigenvalue weighted by Crippen LogP contribution is 2.33. The SMILES string of the molecule is CCOc1ccc(C(O)C(CC)CN)cc1OCC. The lowest BCUT2D eigenvalue weighted by molar-refractivity contribution is 0.109. The molecule has 2 unspecified atom stereocenters. The summed E-state index contributed by atoms with van der Waals surface area (Å²) in [4.78, 5) is 0. The van der Waals surface area contributed by atoms with Crippen molar-refractivity contribution >= 4 is 0 Å². The number of ether oxygens (including phenoxy) is 2. The molecule has 0 radical (unpaired) electrons. The van der Waals surface area contributed by atoms with Crippen molar-refractivity contribution in [2.45, 2.75) is 33.3 Å². The minimum Gasteiger partial charge on any atom is -0.490 e. The third-order valence-corrected chi connectivity index (χ3v) is 3.18. The number of rotatable bonds is 8. The number of nitrogens with two attached hydrogens (primary N) is 1. The summed E-state index contributed by atoms with van der Waals surface area (Å²) in [7, 11) is 0. The number of hydrogen-bond donors (Lipinski definition) is 2. The Morgan fingerprint density at radius 2 is 1.74 bits per heavy atom. The summed E-state index contributed by atoms with van der Waals surface area (Å²) >= 11 is 0. The van der Waals surface area contributed by atoms with Gasteiger partial charge in [0.15, 0.2) is 11.5 Å². The molecule has 0 fully saturated rings. The Balaban J connectivity index is 2.99. The number of hydrogen-bond acceptors (Lipinski definition) is 4. The molecule has 4 nitrogen and oxygen atoms in total. The topological polar surface area (TPSA) is 64.7 Å². The Morgan fingerprint density at radius 1 is 1.11 bits per heavy atom. The Morgan fingerprint density at radius 3 is 2.26 bits per heavy atom. The van der Waals surface area contributed by atoms with Crippen molar-refractivity contribution in [3.63, 3.8) is 0 Å². The van der Waals surface area contributed by atoms with Gasteiger partial charge in [-0.2, -0.15) is 0 Å². The maximum absolute atomic E-state index is 10.3. The number of aliphatic hydroxyl groups excluding tert-OH is 1. The van der Waals surface area contributed by atoms with E-state index in [-0.39, 0.29) is 5.92 Å². The van der Waals surface area contributed by atoms with Gasteiger partial charge in [-0.25, -0.2) is 0 Å². The molecule has 0 spiro atoms. The van der Waals surface area contributed by atoms with E-state index in [2.05, 4.69) is 0 Å². The van der Waals surface area contributed by atoms with Gasteiger partial charge >= 0.3 is 0 Å². The van der Waals surface area contributed by atoms with Crippen LogP contribution in [-0.2, 0) is 0 Å². The Bertz CT molecular complexity index is 378. The van der Waals surface area contributed by atoms with E-state index in [0.717, 1.165) is 12.0 Å². The molecule has 0 aliphatic rings. The van der Waals surface area contributed by atoms with Gasteiger partial charge in [0.05, 0.1) is 19.3 Å². The fraction of sp³-hybridized carbons (Fsp3) is 0.600. The van der Waals surface area contributed by atoms with Gasteiger partial charge < -0.3 is 20.3 Å². The van der Waals surface area contributed by atoms with Crippen molar-refractivity contribution in [1.82, 2.24) is 0 Å². The minimum atomic E-state index is -0.565. The van der Waals surface area contributed by atoms with E-state index in [9.17, 15) is 5.11 Å². The molecule has 3 N–H and O–H groups in total. The average Bonchev–Trinajstić information content (AvgIpc) is 2.42. The van der Waals surface area contributed by atoms with Gasteiger partial charge in [0, 0.05) is 5.92 Å². The molecule has 0 aromatic heterocycles. The lowest BCUT2D eigenvalue weighted by atomic mass is 9.93. The standard InChI is InChI=1S/C15H25NO3/c1-4-11(10-16)15(17)12-7-8-13(18-5-2)14(9-12)19-6-3/h7-9,11,15,17H,4-6,10,16H2,1-3H3. The Kier molecular flexibility index (Phi) is 6.67. The lowest BCUT2D eigenvalue weighted by Gasteiger charge is -2.21. The van der Waals surface area contributed by atoms with Gasteiger partial charge in [-0.3, -0.25) is 0 Å². The maximum atomic E-state index is 10.3. The summed E-state index contributed by atoms with van der Waals surface area (Å²) in [6.07, 6.45) is 0.277. The molecule has 0 aliphatic carbocycles. The number of benzene rings is 1. The van der Waals surface area contributed by atoms with Crippen LogP contribution in [0, 0.1) is 5.92 Å². The highest BCUT2D eigenvalue weighted by Gasteiger charge is 2.19. The van der Waals surface area contributed by atoms with Gasteiger partial charge in [-0.1, -0.05) is 13.0 Å². The predicted molar refractivity (Wildman–Crippen MR) is 76.6 cm³/mol. The van der Waals surface area contributed by atoms with Crippen molar-refractivity contribution in [2.24, 2.45) is 11.7 Å². The molecular formula is C15H25NO3. The molecule has 2 atom stereocenters. The quantitative estimate of drug-likeness (QED) is 0.759. The van der Waals surface area contributed by atoms with E-state index >= 15 is 0 Å². The molecule has 108 valence electrons.